The first-order valence-electron chi connectivity index (χ1n) is 26.7. The number of benzene rings is 2. The lowest BCUT2D eigenvalue weighted by atomic mass is 9.90. The van der Waals surface area contributed by atoms with Crippen molar-refractivity contribution in [1.82, 2.24) is 40.2 Å². The molecule has 4 aromatic heterocycles. The molecule has 7 N–H and O–H groups in total. The molecule has 6 aliphatic heterocycles. The van der Waals surface area contributed by atoms with Crippen LogP contribution in [0.4, 0.5) is 34.4 Å². The van der Waals surface area contributed by atoms with E-state index in [2.05, 4.69) is 108 Å². The number of methoxy groups -OCH3 is 1. The van der Waals surface area contributed by atoms with Crippen molar-refractivity contribution in [1.29, 1.82) is 0 Å². The highest BCUT2D eigenvalue weighted by atomic mass is 16.5. The van der Waals surface area contributed by atoms with Crippen LogP contribution in [0.2, 0.25) is 0 Å². The van der Waals surface area contributed by atoms with Crippen LogP contribution in [0.15, 0.2) is 91.3 Å². The van der Waals surface area contributed by atoms with Crippen molar-refractivity contribution < 1.29 is 20.1 Å². The molecule has 0 radical (unpaired) electrons. The first-order chi connectivity index (χ1) is 37.1. The number of ether oxygens (including phenoxy) is 1. The minimum Gasteiger partial charge on any atom is -0.507 e. The van der Waals surface area contributed by atoms with Crippen LogP contribution in [0.25, 0.3) is 22.5 Å². The fourth-order valence-corrected chi connectivity index (χ4v) is 12.6. The van der Waals surface area contributed by atoms with Gasteiger partial charge in [-0.3, -0.25) is 9.80 Å². The third-order valence-electron chi connectivity index (χ3n) is 16.5. The number of nitrogens with zero attached hydrogens (tertiary/aromatic N) is 12. The molecule has 6 aliphatic rings. The standard InChI is InChI=1S/C58H64N14O4/c1-76-56(51-21-28-68(51)25-6-8-38-30-40(18-23-62-38)72-41-13-14-42(72)34-69(33-41)52-31-49(63-65-57(52)59)46-9-2-3-12-54(46)74)48-11-4-10-47(55(48)75)50-32-53(58(60)66-64-50)70-35-43-15-16-44(36-70)71(43)39-17-22-61-37(29-39)7-5-24-67-26-19-45(73)20-27-67/h2-4,9-12,17-18,22-23,29-32,41-45,51,56,73-75H,13-16,19-21,24-28,33-36H2,1H3,(H2,59,65)(H2,60,66)/t41?,42?,43?,44?,51-,56?/m0/s1. The third kappa shape index (κ3) is 9.73. The van der Waals surface area contributed by atoms with Crippen LogP contribution in [0.3, 0.4) is 0 Å². The van der Waals surface area contributed by atoms with Crippen molar-refractivity contribution in [3.63, 3.8) is 0 Å². The molecule has 18 heteroatoms. The number of hydrogen-bond acceptors (Lipinski definition) is 18. The number of nitrogens with two attached hydrogens (primary N) is 2. The Balaban J connectivity index is 0.689. The summed E-state index contributed by atoms with van der Waals surface area (Å²) >= 11 is 0. The zero-order chi connectivity index (χ0) is 51.9. The lowest BCUT2D eigenvalue weighted by Crippen LogP contribution is -2.54. The second-order valence-electron chi connectivity index (χ2n) is 21.0. The summed E-state index contributed by atoms with van der Waals surface area (Å²) in [7, 11) is 1.69. The van der Waals surface area contributed by atoms with E-state index in [1.807, 2.05) is 54.9 Å². The first-order valence-corrected chi connectivity index (χ1v) is 26.7. The number of aromatic hydroxyl groups is 2. The molecular formula is C58H64N14O4. The average Bonchev–Trinajstić information content (AvgIpc) is 3.90. The summed E-state index contributed by atoms with van der Waals surface area (Å²) < 4.78 is 6.17. The molecule has 0 aliphatic carbocycles. The molecule has 390 valence electrons. The van der Waals surface area contributed by atoms with Gasteiger partial charge in [0.05, 0.1) is 42.0 Å². The molecule has 76 heavy (non-hydrogen) atoms. The highest BCUT2D eigenvalue weighted by Crippen LogP contribution is 2.44. The van der Waals surface area contributed by atoms with Gasteiger partial charge in [0, 0.05) is 124 Å². The van der Waals surface area contributed by atoms with Gasteiger partial charge in [-0.05, 0) is 111 Å². The minimum absolute atomic E-state index is 0.00418. The molecule has 10 heterocycles. The number of aliphatic hydroxyl groups is 1. The van der Waals surface area contributed by atoms with Crippen molar-refractivity contribution in [3.05, 3.63) is 108 Å². The number of likely N-dealkylation sites (tertiary alicyclic amines) is 2. The monoisotopic (exact) mass is 1020 g/mol. The predicted octanol–water partition coefficient (Wildman–Crippen LogP) is 5.30. The molecule has 5 unspecified atom stereocenters. The number of para-hydroxylation sites is 2. The van der Waals surface area contributed by atoms with Crippen molar-refractivity contribution in [2.75, 3.05) is 97.1 Å². The zero-order valence-electron chi connectivity index (χ0n) is 42.8. The number of phenolic OH excluding ortho intramolecular Hbond substituents is 2. The van der Waals surface area contributed by atoms with Crippen molar-refractivity contribution in [2.45, 2.75) is 87.4 Å². The number of hydrogen-bond donors (Lipinski definition) is 5. The molecule has 0 amide bonds. The van der Waals surface area contributed by atoms with Crippen LogP contribution in [0.5, 0.6) is 11.5 Å². The third-order valence-corrected chi connectivity index (χ3v) is 16.5. The number of aliphatic hydroxyl groups excluding tert-OH is 1. The van der Waals surface area contributed by atoms with Gasteiger partial charge in [-0.25, -0.2) is 9.97 Å². The van der Waals surface area contributed by atoms with Gasteiger partial charge >= 0.3 is 0 Å². The second-order valence-corrected chi connectivity index (χ2v) is 21.0. The van der Waals surface area contributed by atoms with E-state index < -0.39 is 6.10 Å². The van der Waals surface area contributed by atoms with E-state index in [4.69, 9.17) is 16.2 Å². The number of phenols is 2. The quantitative estimate of drug-likeness (QED) is 0.104. The largest absolute Gasteiger partial charge is 0.507 e. The van der Waals surface area contributed by atoms with Gasteiger partial charge in [0.25, 0.3) is 0 Å². The maximum absolute atomic E-state index is 12.0. The Bertz CT molecular complexity index is 3210. The lowest BCUT2D eigenvalue weighted by molar-refractivity contribution is -0.0330. The van der Waals surface area contributed by atoms with Crippen molar-refractivity contribution in [2.24, 2.45) is 0 Å². The van der Waals surface area contributed by atoms with Gasteiger partial charge in [-0.2, -0.15) is 0 Å². The van der Waals surface area contributed by atoms with Crippen LogP contribution in [-0.4, -0.2) is 158 Å². The summed E-state index contributed by atoms with van der Waals surface area (Å²) in [6.07, 6.45) is 9.80. The number of fused-ring (bicyclic) bond motifs is 4. The van der Waals surface area contributed by atoms with E-state index in [1.165, 1.54) is 0 Å². The number of piperidine rings is 1. The van der Waals surface area contributed by atoms with Crippen molar-refractivity contribution >= 4 is 34.4 Å². The summed E-state index contributed by atoms with van der Waals surface area (Å²) in [4.78, 5) is 23.5. The molecule has 4 bridgehead atoms. The van der Waals surface area contributed by atoms with Gasteiger partial charge in [0.15, 0.2) is 11.6 Å². The van der Waals surface area contributed by atoms with Gasteiger partial charge < -0.3 is 51.1 Å². The number of piperazine rings is 2. The topological polar surface area (TPSA) is 219 Å². The van der Waals surface area contributed by atoms with E-state index in [0.29, 0.717) is 52.8 Å². The molecule has 6 fully saturated rings. The molecule has 18 nitrogen and oxygen atoms in total. The molecule has 2 aromatic carbocycles. The van der Waals surface area contributed by atoms with Gasteiger partial charge in [-0.15, -0.1) is 20.4 Å². The molecule has 6 atom stereocenters. The van der Waals surface area contributed by atoms with E-state index in [9.17, 15) is 15.3 Å². The first kappa shape index (κ1) is 49.2. The number of aromatic nitrogens is 6. The highest BCUT2D eigenvalue weighted by molar-refractivity contribution is 5.77. The number of anilines is 6. The lowest BCUT2D eigenvalue weighted by Gasteiger charge is -2.44. The number of pyridine rings is 2. The van der Waals surface area contributed by atoms with Crippen LogP contribution in [0, 0.1) is 23.7 Å². The van der Waals surface area contributed by atoms with E-state index in [-0.39, 0.29) is 47.8 Å². The van der Waals surface area contributed by atoms with Crippen LogP contribution < -0.4 is 31.1 Å². The minimum atomic E-state index is -0.407. The van der Waals surface area contributed by atoms with E-state index >= 15 is 0 Å². The maximum Gasteiger partial charge on any atom is 0.169 e. The predicted molar refractivity (Wildman–Crippen MR) is 294 cm³/mol. The fourth-order valence-electron chi connectivity index (χ4n) is 12.6. The normalized spacial score (nSPS) is 22.9. The Hall–Kier alpha value is -7.74. The highest BCUT2D eigenvalue weighted by Gasteiger charge is 2.43. The molecule has 12 rings (SSSR count). The summed E-state index contributed by atoms with van der Waals surface area (Å²) in [5, 5.41) is 49.9. The summed E-state index contributed by atoms with van der Waals surface area (Å²) in [5.41, 5.74) is 21.4. The maximum atomic E-state index is 12.0. The van der Waals surface area contributed by atoms with E-state index in [0.717, 1.165) is 125 Å². The fraction of sp³-hybridized carbons (Fsp3) is 0.414. The van der Waals surface area contributed by atoms with Crippen LogP contribution in [-0.2, 0) is 4.74 Å². The SMILES string of the molecule is COC(c1cccc(-c2cc(N3CC4CCC(C3)N4c3ccnc(C#CCN4CCC(O)CC4)c3)c(N)nn2)c1O)[C@@H]1CCN1CC#Cc1cc(N2C3CCC2CN(c2cc(-c4ccccc4O)nnc2N)C3)ccn1. The zero-order valence-corrected chi connectivity index (χ0v) is 42.8. The average molecular weight is 1020 g/mol. The summed E-state index contributed by atoms with van der Waals surface area (Å²) in [6, 6.07) is 26.2. The molecule has 0 saturated carbocycles. The molecular weight excluding hydrogens is 957 g/mol. The van der Waals surface area contributed by atoms with Gasteiger partial charge in [0.2, 0.25) is 0 Å². The van der Waals surface area contributed by atoms with Gasteiger partial charge in [-0.1, -0.05) is 36.1 Å². The van der Waals surface area contributed by atoms with Crippen molar-refractivity contribution in [3.8, 4) is 57.7 Å². The Morgan fingerprint density at radius 3 is 1.70 bits per heavy atom. The Labute approximate surface area is 443 Å². The Morgan fingerprint density at radius 1 is 0.618 bits per heavy atom. The van der Waals surface area contributed by atoms with E-state index in [1.54, 1.807) is 19.2 Å². The summed E-state index contributed by atoms with van der Waals surface area (Å²) in [5.74, 6) is 14.3. The Kier molecular flexibility index (Phi) is 13.7. The molecule has 6 aromatic rings. The van der Waals surface area contributed by atoms with Crippen LogP contribution >= 0.6 is 0 Å². The van der Waals surface area contributed by atoms with Crippen LogP contribution in [0.1, 0.15) is 68.0 Å². The smallest absolute Gasteiger partial charge is 0.169 e. The second kappa shape index (κ2) is 21.1. The molecule has 0 spiro atoms. The Morgan fingerprint density at radius 2 is 1.16 bits per heavy atom. The summed E-state index contributed by atoms with van der Waals surface area (Å²) in [6.45, 7) is 6.87. The number of nitrogen functional groups attached to an aromatic ring is 2. The molecule has 6 saturated heterocycles. The number of rotatable bonds is 11. The van der Waals surface area contributed by atoms with Gasteiger partial charge in [0.1, 0.15) is 29.0 Å².